The lowest BCUT2D eigenvalue weighted by atomic mass is 9.98. The SMILES string of the molecule is O=C(Nc1nnc(C#Cc2ccc(Cl)cc2)s1)c1ccncc1-c1ccnc2ccccc12. The van der Waals surface area contributed by atoms with Crippen LogP contribution in [0.5, 0.6) is 0 Å². The van der Waals surface area contributed by atoms with Crippen LogP contribution in [0.15, 0.2) is 79.3 Å². The van der Waals surface area contributed by atoms with E-state index >= 15 is 0 Å². The zero-order valence-corrected chi connectivity index (χ0v) is 18.6. The van der Waals surface area contributed by atoms with Crippen molar-refractivity contribution in [2.24, 2.45) is 0 Å². The third-order valence-electron chi connectivity index (χ3n) is 4.81. The number of rotatable bonds is 3. The minimum Gasteiger partial charge on any atom is -0.296 e. The molecule has 0 aliphatic carbocycles. The Hall–Kier alpha value is -4.12. The molecule has 1 N–H and O–H groups in total. The first-order valence-corrected chi connectivity index (χ1v) is 11.1. The van der Waals surface area contributed by atoms with Crippen LogP contribution in [0.3, 0.4) is 0 Å². The van der Waals surface area contributed by atoms with Crippen LogP contribution in [-0.2, 0) is 0 Å². The van der Waals surface area contributed by atoms with Gasteiger partial charge in [-0.05, 0) is 53.9 Å². The summed E-state index contributed by atoms with van der Waals surface area (Å²) >= 11 is 7.10. The summed E-state index contributed by atoms with van der Waals surface area (Å²) in [5, 5.41) is 13.4. The minimum absolute atomic E-state index is 0.304. The van der Waals surface area contributed by atoms with Gasteiger partial charge in [-0.15, -0.1) is 10.2 Å². The van der Waals surface area contributed by atoms with Gasteiger partial charge in [0, 0.05) is 40.1 Å². The molecule has 0 spiro atoms. The predicted octanol–water partition coefficient (Wildman–Crippen LogP) is 5.45. The Morgan fingerprint density at radius 2 is 1.76 bits per heavy atom. The molecule has 8 heteroatoms. The van der Waals surface area contributed by atoms with Gasteiger partial charge in [0.05, 0.1) is 11.1 Å². The number of pyridine rings is 2. The van der Waals surface area contributed by atoms with Gasteiger partial charge in [-0.2, -0.15) is 0 Å². The highest BCUT2D eigenvalue weighted by Crippen LogP contribution is 2.30. The summed E-state index contributed by atoms with van der Waals surface area (Å²) < 4.78 is 0. The quantitative estimate of drug-likeness (QED) is 0.357. The molecule has 6 nitrogen and oxygen atoms in total. The molecule has 158 valence electrons. The first-order valence-electron chi connectivity index (χ1n) is 9.88. The fraction of sp³-hybridized carbons (Fsp3) is 0. The van der Waals surface area contributed by atoms with E-state index in [1.165, 1.54) is 11.3 Å². The van der Waals surface area contributed by atoms with Gasteiger partial charge in [-0.25, -0.2) is 0 Å². The Kier molecular flexibility index (Phi) is 5.77. The number of para-hydroxylation sites is 1. The normalized spacial score (nSPS) is 10.5. The van der Waals surface area contributed by atoms with E-state index in [2.05, 4.69) is 37.3 Å². The van der Waals surface area contributed by atoms with Gasteiger partial charge < -0.3 is 0 Å². The van der Waals surface area contributed by atoms with Crippen molar-refractivity contribution in [2.75, 3.05) is 5.32 Å². The minimum atomic E-state index is -0.304. The number of hydrogen-bond acceptors (Lipinski definition) is 6. The number of carbonyl (C=O) groups excluding carboxylic acids is 1. The molecular weight excluding hydrogens is 454 g/mol. The van der Waals surface area contributed by atoms with Gasteiger partial charge in [-0.3, -0.25) is 20.1 Å². The molecule has 2 aromatic carbocycles. The standard InChI is InChI=1S/C25H14ClN5OS/c26-17-8-5-16(6-9-17)7-10-23-30-31-25(33-23)29-24(32)20-11-13-27-15-21(20)18-12-14-28-22-4-2-1-3-19(18)22/h1-6,8-9,11-15H,(H,29,31,32). The third-order valence-corrected chi connectivity index (χ3v) is 5.81. The number of hydrogen-bond donors (Lipinski definition) is 1. The van der Waals surface area contributed by atoms with Crippen LogP contribution >= 0.6 is 22.9 Å². The molecule has 0 atom stereocenters. The van der Waals surface area contributed by atoms with E-state index in [-0.39, 0.29) is 5.91 Å². The Labute approximate surface area is 198 Å². The summed E-state index contributed by atoms with van der Waals surface area (Å²) in [5.74, 6) is 5.66. The van der Waals surface area contributed by atoms with Crippen molar-refractivity contribution < 1.29 is 4.79 Å². The summed E-state index contributed by atoms with van der Waals surface area (Å²) in [6, 6.07) is 18.5. The lowest BCUT2D eigenvalue weighted by Gasteiger charge is -2.10. The average Bonchev–Trinajstić information content (AvgIpc) is 3.30. The maximum Gasteiger partial charge on any atom is 0.258 e. The Bertz CT molecular complexity index is 1530. The topological polar surface area (TPSA) is 80.7 Å². The van der Waals surface area contributed by atoms with E-state index < -0.39 is 0 Å². The molecule has 3 aromatic heterocycles. The van der Waals surface area contributed by atoms with Crippen molar-refractivity contribution >= 4 is 44.9 Å². The number of nitrogens with zero attached hydrogens (tertiary/aromatic N) is 4. The smallest absolute Gasteiger partial charge is 0.258 e. The lowest BCUT2D eigenvalue weighted by molar-refractivity contribution is 0.102. The number of anilines is 1. The maximum atomic E-state index is 13.1. The van der Waals surface area contributed by atoms with Gasteiger partial charge in [0.2, 0.25) is 5.13 Å². The van der Waals surface area contributed by atoms with Crippen LogP contribution < -0.4 is 5.32 Å². The van der Waals surface area contributed by atoms with Gasteiger partial charge in [0.1, 0.15) is 0 Å². The van der Waals surface area contributed by atoms with E-state index in [9.17, 15) is 4.79 Å². The molecule has 3 heterocycles. The Balaban J connectivity index is 1.40. The molecule has 0 radical (unpaired) electrons. The molecule has 33 heavy (non-hydrogen) atoms. The van der Waals surface area contributed by atoms with Crippen LogP contribution in [0, 0.1) is 11.8 Å². The fourth-order valence-electron chi connectivity index (χ4n) is 3.29. The van der Waals surface area contributed by atoms with Crippen LogP contribution in [0.2, 0.25) is 5.02 Å². The van der Waals surface area contributed by atoms with Crippen LogP contribution in [-0.4, -0.2) is 26.1 Å². The Morgan fingerprint density at radius 1 is 0.909 bits per heavy atom. The van der Waals surface area contributed by atoms with Crippen molar-refractivity contribution in [1.29, 1.82) is 0 Å². The second kappa shape index (κ2) is 9.17. The third kappa shape index (κ3) is 4.58. The van der Waals surface area contributed by atoms with E-state index in [4.69, 9.17) is 11.6 Å². The molecule has 0 aliphatic rings. The molecule has 0 saturated heterocycles. The highest BCUT2D eigenvalue weighted by atomic mass is 35.5. The molecule has 0 bridgehead atoms. The molecule has 0 aliphatic heterocycles. The molecule has 5 aromatic rings. The van der Waals surface area contributed by atoms with Crippen LogP contribution in [0.1, 0.15) is 20.9 Å². The summed E-state index contributed by atoms with van der Waals surface area (Å²) in [6.45, 7) is 0. The van der Waals surface area contributed by atoms with Crippen LogP contribution in [0.4, 0.5) is 5.13 Å². The molecular formula is C25H14ClN5OS. The van der Waals surface area contributed by atoms with Crippen molar-refractivity contribution in [3.8, 4) is 23.0 Å². The largest absolute Gasteiger partial charge is 0.296 e. The van der Waals surface area contributed by atoms with Crippen molar-refractivity contribution in [2.45, 2.75) is 0 Å². The molecule has 1 amide bonds. The number of amides is 1. The molecule has 0 saturated carbocycles. The monoisotopic (exact) mass is 467 g/mol. The number of halogens is 1. The van der Waals surface area contributed by atoms with Gasteiger partial charge in [0.25, 0.3) is 5.91 Å². The number of nitrogens with one attached hydrogen (secondary N) is 1. The average molecular weight is 468 g/mol. The second-order valence-corrected chi connectivity index (χ2v) is 8.33. The lowest BCUT2D eigenvalue weighted by Crippen LogP contribution is -2.13. The maximum absolute atomic E-state index is 13.1. The zero-order valence-electron chi connectivity index (χ0n) is 17.0. The summed E-state index contributed by atoms with van der Waals surface area (Å²) in [5.41, 5.74) is 3.72. The van der Waals surface area contributed by atoms with Crippen molar-refractivity contribution in [3.63, 3.8) is 0 Å². The van der Waals surface area contributed by atoms with Crippen molar-refractivity contribution in [3.05, 3.63) is 100 Å². The van der Waals surface area contributed by atoms with E-state index in [0.29, 0.717) is 26.3 Å². The molecule has 0 unspecified atom stereocenters. The highest BCUT2D eigenvalue weighted by molar-refractivity contribution is 7.15. The molecule has 5 rings (SSSR count). The number of fused-ring (bicyclic) bond motifs is 1. The van der Waals surface area contributed by atoms with Gasteiger partial charge in [0.15, 0.2) is 5.01 Å². The van der Waals surface area contributed by atoms with E-state index in [0.717, 1.165) is 22.0 Å². The van der Waals surface area contributed by atoms with Gasteiger partial charge in [-0.1, -0.05) is 47.1 Å². The first-order chi connectivity index (χ1) is 16.2. The Morgan fingerprint density at radius 3 is 2.64 bits per heavy atom. The summed E-state index contributed by atoms with van der Waals surface area (Å²) in [4.78, 5) is 21.7. The summed E-state index contributed by atoms with van der Waals surface area (Å²) in [6.07, 6.45) is 4.99. The zero-order chi connectivity index (χ0) is 22.6. The summed E-state index contributed by atoms with van der Waals surface area (Å²) in [7, 11) is 0. The van der Waals surface area contributed by atoms with Gasteiger partial charge >= 0.3 is 0 Å². The predicted molar refractivity (Wildman–Crippen MR) is 130 cm³/mol. The van der Waals surface area contributed by atoms with E-state index in [1.807, 2.05) is 42.5 Å². The number of aromatic nitrogens is 4. The highest BCUT2D eigenvalue weighted by Gasteiger charge is 2.16. The number of benzene rings is 2. The molecule has 0 fully saturated rings. The first kappa shape index (κ1) is 20.8. The van der Waals surface area contributed by atoms with Crippen LogP contribution in [0.25, 0.3) is 22.0 Å². The van der Waals surface area contributed by atoms with Crippen molar-refractivity contribution in [1.82, 2.24) is 20.2 Å². The second-order valence-electron chi connectivity index (χ2n) is 6.92. The number of carbonyl (C=O) groups is 1. The fourth-order valence-corrected chi connectivity index (χ4v) is 4.00. The van der Waals surface area contributed by atoms with E-state index in [1.54, 1.807) is 36.8 Å².